The van der Waals surface area contributed by atoms with Crippen molar-refractivity contribution in [2.45, 2.75) is 0 Å². The van der Waals surface area contributed by atoms with Gasteiger partial charge in [0.2, 0.25) is 11.5 Å². The number of anilines is 1. The fourth-order valence-electron chi connectivity index (χ4n) is 2.27. The van der Waals surface area contributed by atoms with Crippen molar-refractivity contribution in [1.29, 1.82) is 0 Å². The van der Waals surface area contributed by atoms with Gasteiger partial charge in [-0.05, 0) is 48.5 Å². The molecule has 0 amide bonds. The van der Waals surface area contributed by atoms with Crippen molar-refractivity contribution in [1.82, 2.24) is 5.16 Å². The summed E-state index contributed by atoms with van der Waals surface area (Å²) in [6, 6.07) is 16.3. The maximum absolute atomic E-state index is 12.2. The number of hydrogen-bond donors (Lipinski definition) is 1. The Labute approximate surface area is 151 Å². The first-order valence-corrected chi connectivity index (χ1v) is 7.92. The van der Waals surface area contributed by atoms with E-state index in [4.69, 9.17) is 14.0 Å². The van der Waals surface area contributed by atoms with Crippen molar-refractivity contribution in [2.24, 2.45) is 0 Å². The van der Waals surface area contributed by atoms with Crippen LogP contribution in [0.1, 0.15) is 10.6 Å². The lowest BCUT2D eigenvalue weighted by Gasteiger charge is -2.02. The lowest BCUT2D eigenvalue weighted by Crippen LogP contribution is -1.94. The molecule has 0 atom stereocenters. The van der Waals surface area contributed by atoms with Gasteiger partial charge in [-0.1, -0.05) is 5.16 Å². The van der Waals surface area contributed by atoms with Crippen LogP contribution in [-0.4, -0.2) is 25.2 Å². The molecule has 6 heteroatoms. The molecule has 0 saturated carbocycles. The maximum Gasteiger partial charge on any atom is 0.225 e. The van der Waals surface area contributed by atoms with Gasteiger partial charge in [0.15, 0.2) is 0 Å². The smallest absolute Gasteiger partial charge is 0.225 e. The fraction of sp³-hybridized carbons (Fsp3) is 0.100. The molecule has 26 heavy (non-hydrogen) atoms. The number of ether oxygens (including phenoxy) is 2. The van der Waals surface area contributed by atoms with E-state index in [0.29, 0.717) is 5.69 Å². The van der Waals surface area contributed by atoms with Crippen molar-refractivity contribution < 1.29 is 18.8 Å². The molecule has 1 heterocycles. The fourth-order valence-corrected chi connectivity index (χ4v) is 2.27. The average Bonchev–Trinajstić information content (AvgIpc) is 3.19. The van der Waals surface area contributed by atoms with Gasteiger partial charge < -0.3 is 19.3 Å². The molecule has 0 saturated heterocycles. The second-order valence-electron chi connectivity index (χ2n) is 5.38. The number of allylic oxidation sites excluding steroid dienone is 1. The number of nitrogens with zero attached hydrogens (tertiary/aromatic N) is 1. The number of hydrogen-bond acceptors (Lipinski definition) is 6. The summed E-state index contributed by atoms with van der Waals surface area (Å²) in [5, 5.41) is 6.96. The zero-order valence-corrected chi connectivity index (χ0v) is 14.4. The van der Waals surface area contributed by atoms with Crippen LogP contribution in [0.3, 0.4) is 0 Å². The predicted molar refractivity (Wildman–Crippen MR) is 98.6 cm³/mol. The lowest BCUT2D eigenvalue weighted by atomic mass is 10.1. The second kappa shape index (κ2) is 8.02. The molecular formula is C20H18N2O4. The van der Waals surface area contributed by atoms with Crippen molar-refractivity contribution in [2.75, 3.05) is 19.5 Å². The third-order valence-electron chi connectivity index (χ3n) is 3.71. The third kappa shape index (κ3) is 4.10. The Morgan fingerprint density at radius 2 is 1.62 bits per heavy atom. The molecule has 0 fully saturated rings. The van der Waals surface area contributed by atoms with E-state index in [1.807, 2.05) is 48.5 Å². The topological polar surface area (TPSA) is 73.6 Å². The Hall–Kier alpha value is -3.54. The van der Waals surface area contributed by atoms with Crippen LogP contribution in [0.15, 0.2) is 71.4 Å². The Morgan fingerprint density at radius 1 is 1.00 bits per heavy atom. The van der Waals surface area contributed by atoms with Gasteiger partial charge in [0.1, 0.15) is 17.2 Å². The minimum atomic E-state index is -0.279. The highest BCUT2D eigenvalue weighted by atomic mass is 16.5. The van der Waals surface area contributed by atoms with Gasteiger partial charge in [0.25, 0.3) is 0 Å². The average molecular weight is 350 g/mol. The van der Waals surface area contributed by atoms with E-state index in [-0.39, 0.29) is 11.5 Å². The number of carbonyl (C=O) groups is 1. The number of benzene rings is 2. The highest BCUT2D eigenvalue weighted by molar-refractivity contribution is 6.03. The van der Waals surface area contributed by atoms with Gasteiger partial charge >= 0.3 is 0 Å². The zero-order chi connectivity index (χ0) is 18.4. The summed E-state index contributed by atoms with van der Waals surface area (Å²) >= 11 is 0. The lowest BCUT2D eigenvalue weighted by molar-refractivity contribution is 0.101. The first-order chi connectivity index (χ1) is 12.7. The molecular weight excluding hydrogens is 332 g/mol. The molecule has 0 aliphatic rings. The Bertz CT molecular complexity index is 896. The monoisotopic (exact) mass is 350 g/mol. The highest BCUT2D eigenvalue weighted by Crippen LogP contribution is 2.22. The number of aromatic nitrogens is 1. The quantitative estimate of drug-likeness (QED) is 0.509. The van der Waals surface area contributed by atoms with Crippen LogP contribution in [0.4, 0.5) is 5.69 Å². The van der Waals surface area contributed by atoms with Gasteiger partial charge in [0.05, 0.1) is 14.2 Å². The number of carbonyl (C=O) groups excluding carboxylic acids is 1. The van der Waals surface area contributed by atoms with Crippen LogP contribution < -0.4 is 14.8 Å². The second-order valence-corrected chi connectivity index (χ2v) is 5.38. The van der Waals surface area contributed by atoms with E-state index in [1.165, 1.54) is 6.08 Å². The molecule has 0 aliphatic carbocycles. The standard InChI is InChI=1S/C20H18N2O4/c1-24-16-7-3-14(4-8-16)18-13-20(26-22-18)19(23)11-12-21-15-5-9-17(25-2)10-6-15/h3-13,21H,1-2H3/b12-11-. The molecule has 3 aromatic rings. The van der Waals surface area contributed by atoms with Gasteiger partial charge in [0, 0.05) is 29.6 Å². The van der Waals surface area contributed by atoms with Crippen molar-refractivity contribution in [3.05, 3.63) is 72.6 Å². The van der Waals surface area contributed by atoms with E-state index in [1.54, 1.807) is 26.5 Å². The van der Waals surface area contributed by atoms with Gasteiger partial charge in [-0.2, -0.15) is 0 Å². The highest BCUT2D eigenvalue weighted by Gasteiger charge is 2.11. The van der Waals surface area contributed by atoms with E-state index in [9.17, 15) is 4.79 Å². The Kier molecular flexibility index (Phi) is 5.34. The summed E-state index contributed by atoms with van der Waals surface area (Å²) in [6.45, 7) is 0. The minimum absolute atomic E-state index is 0.170. The normalized spacial score (nSPS) is 10.7. The van der Waals surface area contributed by atoms with Crippen molar-refractivity contribution in [3.8, 4) is 22.8 Å². The molecule has 0 spiro atoms. The summed E-state index contributed by atoms with van der Waals surface area (Å²) in [5.74, 6) is 1.41. The van der Waals surface area contributed by atoms with E-state index in [0.717, 1.165) is 22.7 Å². The van der Waals surface area contributed by atoms with Crippen LogP contribution in [0.5, 0.6) is 11.5 Å². The van der Waals surface area contributed by atoms with Crippen LogP contribution >= 0.6 is 0 Å². The minimum Gasteiger partial charge on any atom is -0.497 e. The van der Waals surface area contributed by atoms with Crippen LogP contribution in [0.25, 0.3) is 11.3 Å². The Balaban J connectivity index is 1.63. The maximum atomic E-state index is 12.2. The first-order valence-electron chi connectivity index (χ1n) is 7.92. The zero-order valence-electron chi connectivity index (χ0n) is 14.4. The summed E-state index contributed by atoms with van der Waals surface area (Å²) in [4.78, 5) is 12.2. The molecule has 0 radical (unpaired) electrons. The molecule has 3 rings (SSSR count). The molecule has 0 aliphatic heterocycles. The van der Waals surface area contributed by atoms with Crippen molar-refractivity contribution in [3.63, 3.8) is 0 Å². The first kappa shape index (κ1) is 17.3. The summed E-state index contributed by atoms with van der Waals surface area (Å²) in [5.41, 5.74) is 2.27. The van der Waals surface area contributed by atoms with E-state index < -0.39 is 0 Å². The van der Waals surface area contributed by atoms with Crippen LogP contribution in [0, 0.1) is 0 Å². The molecule has 1 N–H and O–H groups in total. The molecule has 132 valence electrons. The summed E-state index contributed by atoms with van der Waals surface area (Å²) in [7, 11) is 3.22. The molecule has 2 aromatic carbocycles. The van der Waals surface area contributed by atoms with Gasteiger partial charge in [-0.3, -0.25) is 4.79 Å². The molecule has 1 aromatic heterocycles. The SMILES string of the molecule is COc1ccc(N/C=C\C(=O)c2cc(-c3ccc(OC)cc3)no2)cc1. The number of rotatable bonds is 7. The largest absolute Gasteiger partial charge is 0.497 e. The van der Waals surface area contributed by atoms with Crippen LogP contribution in [-0.2, 0) is 0 Å². The van der Waals surface area contributed by atoms with E-state index >= 15 is 0 Å². The molecule has 0 bridgehead atoms. The van der Waals surface area contributed by atoms with Crippen LogP contribution in [0.2, 0.25) is 0 Å². The Morgan fingerprint density at radius 3 is 2.23 bits per heavy atom. The van der Waals surface area contributed by atoms with E-state index in [2.05, 4.69) is 10.5 Å². The van der Waals surface area contributed by atoms with Gasteiger partial charge in [-0.15, -0.1) is 0 Å². The summed E-state index contributed by atoms with van der Waals surface area (Å²) in [6.07, 6.45) is 2.95. The summed E-state index contributed by atoms with van der Waals surface area (Å²) < 4.78 is 15.4. The third-order valence-corrected chi connectivity index (χ3v) is 3.71. The molecule has 0 unspecified atom stereocenters. The van der Waals surface area contributed by atoms with Gasteiger partial charge in [-0.25, -0.2) is 0 Å². The predicted octanol–water partition coefficient (Wildman–Crippen LogP) is 4.17. The number of nitrogens with one attached hydrogen (secondary N) is 1. The number of ketones is 1. The molecule has 6 nitrogen and oxygen atoms in total. The van der Waals surface area contributed by atoms with Crippen molar-refractivity contribution >= 4 is 11.5 Å². The number of methoxy groups -OCH3 is 2.